The number of nitrogens with one attached hydrogen (secondary N) is 1. The normalized spacial score (nSPS) is 20.3. The van der Waals surface area contributed by atoms with Gasteiger partial charge in [-0.2, -0.15) is 13.2 Å². The van der Waals surface area contributed by atoms with E-state index in [0.717, 1.165) is 31.8 Å². The summed E-state index contributed by atoms with van der Waals surface area (Å²) in [6, 6.07) is 3.42. The fourth-order valence-electron chi connectivity index (χ4n) is 3.99. The number of ether oxygens (including phenoxy) is 1. The van der Waals surface area contributed by atoms with E-state index >= 15 is 0 Å². The molecule has 2 atom stereocenters. The van der Waals surface area contributed by atoms with Gasteiger partial charge in [-0.1, -0.05) is 0 Å². The van der Waals surface area contributed by atoms with Crippen LogP contribution in [0.3, 0.4) is 0 Å². The molecule has 37 heavy (non-hydrogen) atoms. The minimum atomic E-state index is -5.08. The fraction of sp³-hybridized carbons (Fsp3) is 0.591. The van der Waals surface area contributed by atoms with E-state index in [2.05, 4.69) is 20.4 Å². The van der Waals surface area contributed by atoms with Crippen molar-refractivity contribution in [2.24, 2.45) is 0 Å². The molecule has 2 aromatic rings. The molecule has 4 rings (SSSR count). The third-order valence-corrected chi connectivity index (χ3v) is 6.05. The lowest BCUT2D eigenvalue weighted by molar-refractivity contribution is -0.192. The van der Waals surface area contributed by atoms with Crippen LogP contribution in [0.5, 0.6) is 0 Å². The van der Waals surface area contributed by atoms with Crippen molar-refractivity contribution in [3.63, 3.8) is 0 Å². The van der Waals surface area contributed by atoms with E-state index in [0.29, 0.717) is 30.8 Å². The molecule has 3 amide bonds. The highest BCUT2D eigenvalue weighted by atomic mass is 19.4. The Morgan fingerprint density at radius 3 is 2.51 bits per heavy atom. The van der Waals surface area contributed by atoms with Crippen molar-refractivity contribution in [3.05, 3.63) is 29.7 Å². The average molecular weight is 530 g/mol. The Morgan fingerprint density at radius 1 is 1.22 bits per heavy atom. The first-order chi connectivity index (χ1) is 17.4. The third kappa shape index (κ3) is 7.07. The van der Waals surface area contributed by atoms with Crippen molar-refractivity contribution in [1.29, 1.82) is 0 Å². The van der Waals surface area contributed by atoms with E-state index < -0.39 is 12.1 Å². The molecule has 0 radical (unpaired) electrons. The Hall–Kier alpha value is -3.46. The number of alkyl halides is 3. The largest absolute Gasteiger partial charge is 0.490 e. The smallest absolute Gasteiger partial charge is 0.475 e. The number of carboxylic acids is 1. The second-order valence-corrected chi connectivity index (χ2v) is 8.97. The zero-order chi connectivity index (χ0) is 27.3. The Labute approximate surface area is 211 Å². The van der Waals surface area contributed by atoms with Gasteiger partial charge in [0.15, 0.2) is 11.5 Å². The van der Waals surface area contributed by atoms with Crippen LogP contribution < -0.4 is 5.32 Å². The number of nitrogens with zero attached hydrogens (tertiary/aromatic N) is 6. The molecule has 0 aromatic carbocycles. The second-order valence-electron chi connectivity index (χ2n) is 8.97. The summed E-state index contributed by atoms with van der Waals surface area (Å²) in [4.78, 5) is 39.6. The number of urea groups is 1. The fourth-order valence-corrected chi connectivity index (χ4v) is 3.99. The Balaban J connectivity index is 0.000000479. The number of carboxylic acid groups (broad SMARTS) is 1. The Bertz CT molecular complexity index is 1120. The average Bonchev–Trinajstić information content (AvgIpc) is 3.52. The lowest BCUT2D eigenvalue weighted by atomic mass is 10.1. The lowest BCUT2D eigenvalue weighted by Gasteiger charge is -2.39. The summed E-state index contributed by atoms with van der Waals surface area (Å²) in [6.07, 6.45) is -1.20. The molecule has 2 aliphatic rings. The summed E-state index contributed by atoms with van der Waals surface area (Å²) in [7, 11) is 5.52. The zero-order valence-corrected chi connectivity index (χ0v) is 20.7. The van der Waals surface area contributed by atoms with Crippen LogP contribution in [0, 0.1) is 0 Å². The molecule has 0 aliphatic carbocycles. The number of pyridine rings is 1. The first-order valence-electron chi connectivity index (χ1n) is 11.6. The maximum atomic E-state index is 12.6. The zero-order valence-electron chi connectivity index (χ0n) is 20.7. The Morgan fingerprint density at radius 2 is 1.92 bits per heavy atom. The number of likely N-dealkylation sites (N-methyl/N-ethyl adjacent to an activating group) is 1. The summed E-state index contributed by atoms with van der Waals surface area (Å²) in [5, 5.41) is 18.7. The van der Waals surface area contributed by atoms with E-state index in [1.54, 1.807) is 37.3 Å². The minimum absolute atomic E-state index is 0.0175. The van der Waals surface area contributed by atoms with E-state index in [1.807, 2.05) is 16.3 Å². The lowest BCUT2D eigenvalue weighted by Crippen LogP contribution is -2.52. The van der Waals surface area contributed by atoms with Crippen LogP contribution >= 0.6 is 0 Å². The summed E-state index contributed by atoms with van der Waals surface area (Å²) in [5.41, 5.74) is 1.21. The van der Waals surface area contributed by atoms with Crippen molar-refractivity contribution < 1.29 is 37.4 Å². The molecule has 0 bridgehead atoms. The van der Waals surface area contributed by atoms with Crippen molar-refractivity contribution in [3.8, 4) is 0 Å². The minimum Gasteiger partial charge on any atom is -0.475 e. The number of carbonyl (C=O) groups excluding carboxylic acids is 2. The molecule has 2 aromatic heterocycles. The number of aromatic nitrogens is 3. The number of amides is 3. The number of fused-ring (bicyclic) bond motifs is 1. The van der Waals surface area contributed by atoms with Gasteiger partial charge in [0.05, 0.1) is 17.7 Å². The summed E-state index contributed by atoms with van der Waals surface area (Å²) >= 11 is 0. The second kappa shape index (κ2) is 11.7. The summed E-state index contributed by atoms with van der Waals surface area (Å²) in [5.74, 6) is -2.18. The van der Waals surface area contributed by atoms with Crippen molar-refractivity contribution in [1.82, 2.24) is 34.6 Å². The first kappa shape index (κ1) is 28.1. The molecular weight excluding hydrogens is 499 g/mol. The monoisotopic (exact) mass is 529 g/mol. The number of hydrogen-bond acceptors (Lipinski definition) is 7. The van der Waals surface area contributed by atoms with E-state index in [4.69, 9.17) is 14.6 Å². The molecule has 2 saturated heterocycles. The summed E-state index contributed by atoms with van der Waals surface area (Å²) in [6.45, 7) is 3.19. The number of aliphatic carboxylic acids is 1. The van der Waals surface area contributed by atoms with Crippen LogP contribution in [0.25, 0.3) is 5.65 Å². The number of carbonyl (C=O) groups is 3. The maximum absolute atomic E-state index is 12.6. The van der Waals surface area contributed by atoms with Gasteiger partial charge < -0.3 is 25.0 Å². The maximum Gasteiger partial charge on any atom is 0.490 e. The predicted molar refractivity (Wildman–Crippen MR) is 124 cm³/mol. The van der Waals surface area contributed by atoms with Crippen molar-refractivity contribution >= 4 is 23.6 Å². The van der Waals surface area contributed by atoms with Gasteiger partial charge in [-0.25, -0.2) is 9.59 Å². The topological polar surface area (TPSA) is 133 Å². The van der Waals surface area contributed by atoms with Crippen LogP contribution in [0.2, 0.25) is 0 Å². The van der Waals surface area contributed by atoms with Crippen LogP contribution in [-0.2, 0) is 9.53 Å². The van der Waals surface area contributed by atoms with Gasteiger partial charge >= 0.3 is 18.2 Å². The number of halogens is 3. The van der Waals surface area contributed by atoms with Crippen LogP contribution in [0.4, 0.5) is 18.0 Å². The van der Waals surface area contributed by atoms with E-state index in [-0.39, 0.29) is 24.1 Å². The molecule has 0 spiro atoms. The first-order valence-corrected chi connectivity index (χ1v) is 11.6. The van der Waals surface area contributed by atoms with Crippen LogP contribution in [0.1, 0.15) is 35.1 Å². The highest BCUT2D eigenvalue weighted by Gasteiger charge is 2.38. The Kier molecular flexibility index (Phi) is 8.91. The molecule has 2 aliphatic heterocycles. The van der Waals surface area contributed by atoms with E-state index in [1.165, 1.54) is 0 Å². The predicted octanol–water partition coefficient (Wildman–Crippen LogP) is 1.24. The SMILES string of the molecule is CN(C)C(=O)N1CCN(C)C(c2nnc3ccc(C(=O)NCC4CCCO4)cn23)C1.O=C(O)C(F)(F)F. The molecule has 2 N–H and O–H groups in total. The van der Waals surface area contributed by atoms with Gasteiger partial charge in [0.25, 0.3) is 5.91 Å². The number of hydrogen-bond donors (Lipinski definition) is 2. The van der Waals surface area contributed by atoms with Crippen LogP contribution in [0.15, 0.2) is 18.3 Å². The standard InChI is InChI=1S/C20H29N7O3.C2HF3O2/c1-24(2)20(29)26-9-8-25(3)16(13-26)18-23-22-17-7-6-14(12-27(17)18)19(28)21-11-15-5-4-10-30-15;3-2(4,5)1(6)7/h6-7,12,15-16H,4-5,8-11,13H2,1-3H3,(H,21,28);(H,6,7). The molecule has 2 fully saturated rings. The van der Waals surface area contributed by atoms with Gasteiger partial charge in [0.2, 0.25) is 0 Å². The third-order valence-electron chi connectivity index (χ3n) is 6.05. The molecular formula is C22H30F3N7O5. The highest BCUT2D eigenvalue weighted by molar-refractivity contribution is 5.94. The van der Waals surface area contributed by atoms with Gasteiger partial charge in [-0.05, 0) is 32.0 Å². The highest BCUT2D eigenvalue weighted by Crippen LogP contribution is 2.24. The van der Waals surface area contributed by atoms with Gasteiger partial charge in [0, 0.05) is 53.1 Å². The van der Waals surface area contributed by atoms with E-state index in [9.17, 15) is 22.8 Å². The van der Waals surface area contributed by atoms with Crippen molar-refractivity contribution in [2.75, 3.05) is 53.9 Å². The van der Waals surface area contributed by atoms with Gasteiger partial charge in [-0.3, -0.25) is 14.1 Å². The van der Waals surface area contributed by atoms with Gasteiger partial charge in [-0.15, -0.1) is 10.2 Å². The number of rotatable bonds is 4. The van der Waals surface area contributed by atoms with Gasteiger partial charge in [0.1, 0.15) is 0 Å². The summed E-state index contributed by atoms with van der Waals surface area (Å²) < 4.78 is 39.2. The molecule has 12 nitrogen and oxygen atoms in total. The quantitative estimate of drug-likeness (QED) is 0.605. The molecule has 2 unspecified atom stereocenters. The van der Waals surface area contributed by atoms with Crippen LogP contribution in [-0.4, -0.2) is 119 Å². The molecule has 204 valence electrons. The molecule has 0 saturated carbocycles. The van der Waals surface area contributed by atoms with Crippen molar-refractivity contribution in [2.45, 2.75) is 31.2 Å². The number of piperazine rings is 1. The molecule has 15 heteroatoms. The molecule has 4 heterocycles.